The van der Waals surface area contributed by atoms with E-state index in [9.17, 15) is 9.59 Å². The minimum absolute atomic E-state index is 0.0283. The Balaban J connectivity index is 1.47. The smallest absolute Gasteiger partial charge is 0.254 e. The van der Waals surface area contributed by atoms with Crippen LogP contribution in [0.5, 0.6) is 0 Å². The van der Waals surface area contributed by atoms with Gasteiger partial charge in [0.25, 0.3) is 5.91 Å². The highest BCUT2D eigenvalue weighted by atomic mass is 79.9. The lowest BCUT2D eigenvalue weighted by Crippen LogP contribution is -2.47. The summed E-state index contributed by atoms with van der Waals surface area (Å²) in [6.45, 7) is 4.38. The van der Waals surface area contributed by atoms with E-state index in [-0.39, 0.29) is 17.9 Å². The Kier molecular flexibility index (Phi) is 4.35. The molecule has 0 aromatic heterocycles. The quantitative estimate of drug-likeness (QED) is 0.834. The van der Waals surface area contributed by atoms with E-state index in [0.29, 0.717) is 23.9 Å². The van der Waals surface area contributed by atoms with E-state index < -0.39 is 0 Å². The lowest BCUT2D eigenvalue weighted by atomic mass is 10.0. The molecular formula is C18H22BrN3O2. The van der Waals surface area contributed by atoms with Gasteiger partial charge >= 0.3 is 0 Å². The second-order valence-corrected chi connectivity index (χ2v) is 8.00. The fourth-order valence-corrected chi connectivity index (χ4v) is 4.54. The molecule has 24 heavy (non-hydrogen) atoms. The first-order valence-corrected chi connectivity index (χ1v) is 9.49. The van der Waals surface area contributed by atoms with Crippen LogP contribution in [0.3, 0.4) is 0 Å². The third-order valence-electron chi connectivity index (χ3n) is 5.59. The zero-order chi connectivity index (χ0) is 16.7. The predicted molar refractivity (Wildman–Crippen MR) is 94.6 cm³/mol. The normalized spacial score (nSPS) is 29.1. The van der Waals surface area contributed by atoms with Gasteiger partial charge in [-0.3, -0.25) is 9.59 Å². The van der Waals surface area contributed by atoms with Crippen molar-refractivity contribution in [2.75, 3.05) is 32.7 Å². The summed E-state index contributed by atoms with van der Waals surface area (Å²) in [6.07, 6.45) is 1.69. The summed E-state index contributed by atoms with van der Waals surface area (Å²) >= 11 is 3.39. The van der Waals surface area contributed by atoms with Gasteiger partial charge in [0.15, 0.2) is 0 Å². The molecule has 5 nitrogen and oxygen atoms in total. The first kappa shape index (κ1) is 16.1. The van der Waals surface area contributed by atoms with Gasteiger partial charge in [0, 0.05) is 42.8 Å². The predicted octanol–water partition coefficient (Wildman–Crippen LogP) is 1.73. The molecule has 128 valence electrons. The Morgan fingerprint density at radius 1 is 1.08 bits per heavy atom. The standard InChI is InChI=1S/C18H22BrN3O2/c19-15-5-3-12(4-6-15)17(23)22-7-1-2-16(22)18(24)21-10-13-8-20-9-14(13)11-21/h3-6,13-14,16,20H,1-2,7-11H2/t13-,14+,16?. The zero-order valence-corrected chi connectivity index (χ0v) is 15.2. The minimum atomic E-state index is -0.284. The molecule has 0 spiro atoms. The number of fused-ring (bicyclic) bond motifs is 1. The van der Waals surface area contributed by atoms with E-state index in [0.717, 1.165) is 43.5 Å². The monoisotopic (exact) mass is 391 g/mol. The van der Waals surface area contributed by atoms with Gasteiger partial charge in [0.1, 0.15) is 6.04 Å². The van der Waals surface area contributed by atoms with Gasteiger partial charge in [-0.2, -0.15) is 0 Å². The van der Waals surface area contributed by atoms with Crippen LogP contribution in [0.25, 0.3) is 0 Å². The molecule has 1 aromatic carbocycles. The van der Waals surface area contributed by atoms with Crippen LogP contribution in [0.2, 0.25) is 0 Å². The molecule has 3 atom stereocenters. The summed E-state index contributed by atoms with van der Waals surface area (Å²) in [5.74, 6) is 1.30. The topological polar surface area (TPSA) is 52.7 Å². The van der Waals surface area contributed by atoms with Crippen LogP contribution in [-0.2, 0) is 4.79 Å². The average molecular weight is 392 g/mol. The number of carbonyl (C=O) groups is 2. The molecule has 3 saturated heterocycles. The summed E-state index contributed by atoms with van der Waals surface area (Å²) in [4.78, 5) is 29.6. The molecule has 1 aromatic rings. The molecule has 2 amide bonds. The number of rotatable bonds is 2. The number of likely N-dealkylation sites (tertiary alicyclic amines) is 2. The van der Waals surface area contributed by atoms with Crippen molar-refractivity contribution >= 4 is 27.7 Å². The summed E-state index contributed by atoms with van der Waals surface area (Å²) < 4.78 is 0.949. The number of hydrogen-bond donors (Lipinski definition) is 1. The molecule has 0 bridgehead atoms. The van der Waals surface area contributed by atoms with Crippen LogP contribution < -0.4 is 5.32 Å². The van der Waals surface area contributed by atoms with Crippen molar-refractivity contribution in [3.63, 3.8) is 0 Å². The van der Waals surface area contributed by atoms with E-state index in [1.54, 1.807) is 4.90 Å². The average Bonchev–Trinajstić information content (AvgIpc) is 3.29. The van der Waals surface area contributed by atoms with Crippen LogP contribution in [-0.4, -0.2) is 60.4 Å². The number of nitrogens with zero attached hydrogens (tertiary/aromatic N) is 2. The molecule has 3 aliphatic heterocycles. The Labute approximate surface area is 150 Å². The van der Waals surface area contributed by atoms with Gasteiger partial charge in [-0.25, -0.2) is 0 Å². The highest BCUT2D eigenvalue weighted by molar-refractivity contribution is 9.10. The van der Waals surface area contributed by atoms with Crippen molar-refractivity contribution in [2.45, 2.75) is 18.9 Å². The van der Waals surface area contributed by atoms with Crippen molar-refractivity contribution in [1.82, 2.24) is 15.1 Å². The van der Waals surface area contributed by atoms with Crippen molar-refractivity contribution < 1.29 is 9.59 Å². The lowest BCUT2D eigenvalue weighted by molar-refractivity contribution is -0.134. The number of nitrogens with one attached hydrogen (secondary N) is 1. The molecule has 0 aliphatic carbocycles. The molecule has 1 N–H and O–H groups in total. The molecule has 0 radical (unpaired) electrons. The van der Waals surface area contributed by atoms with E-state index in [4.69, 9.17) is 0 Å². The number of carbonyl (C=O) groups excluding carboxylic acids is 2. The second kappa shape index (κ2) is 6.48. The van der Waals surface area contributed by atoms with Gasteiger partial charge in [-0.1, -0.05) is 15.9 Å². The van der Waals surface area contributed by atoms with E-state index >= 15 is 0 Å². The van der Waals surface area contributed by atoms with Crippen LogP contribution in [0, 0.1) is 11.8 Å². The molecule has 3 aliphatic rings. The van der Waals surface area contributed by atoms with E-state index in [2.05, 4.69) is 21.2 Å². The van der Waals surface area contributed by atoms with E-state index in [1.165, 1.54) is 0 Å². The SMILES string of the molecule is O=C(C1CCCN1C(=O)c1ccc(Br)cc1)N1C[C@H]2CNC[C@H]2C1. The maximum absolute atomic E-state index is 13.0. The Morgan fingerprint density at radius 2 is 1.75 bits per heavy atom. The summed E-state index contributed by atoms with van der Waals surface area (Å²) in [6, 6.07) is 7.09. The van der Waals surface area contributed by atoms with Gasteiger partial charge in [-0.05, 0) is 48.9 Å². The Bertz CT molecular complexity index is 636. The van der Waals surface area contributed by atoms with Gasteiger partial charge in [-0.15, -0.1) is 0 Å². The van der Waals surface area contributed by atoms with Crippen LogP contribution in [0.1, 0.15) is 23.2 Å². The number of benzene rings is 1. The summed E-state index contributed by atoms with van der Waals surface area (Å²) in [5, 5.41) is 3.40. The first-order chi connectivity index (χ1) is 11.6. The fraction of sp³-hybridized carbons (Fsp3) is 0.556. The third kappa shape index (κ3) is 2.86. The number of hydrogen-bond acceptors (Lipinski definition) is 3. The highest BCUT2D eigenvalue weighted by Gasteiger charge is 2.43. The lowest BCUT2D eigenvalue weighted by Gasteiger charge is -2.28. The molecule has 0 saturated carbocycles. The van der Waals surface area contributed by atoms with Crippen LogP contribution in [0.4, 0.5) is 0 Å². The van der Waals surface area contributed by atoms with Crippen LogP contribution >= 0.6 is 15.9 Å². The molecular weight excluding hydrogens is 370 g/mol. The molecule has 1 unspecified atom stereocenters. The van der Waals surface area contributed by atoms with Gasteiger partial charge < -0.3 is 15.1 Å². The Morgan fingerprint density at radius 3 is 2.42 bits per heavy atom. The highest BCUT2D eigenvalue weighted by Crippen LogP contribution is 2.29. The molecule has 3 heterocycles. The van der Waals surface area contributed by atoms with Gasteiger partial charge in [0.05, 0.1) is 0 Å². The van der Waals surface area contributed by atoms with Crippen molar-refractivity contribution in [3.8, 4) is 0 Å². The first-order valence-electron chi connectivity index (χ1n) is 8.69. The largest absolute Gasteiger partial charge is 0.340 e. The van der Waals surface area contributed by atoms with Crippen LogP contribution in [0.15, 0.2) is 28.7 Å². The summed E-state index contributed by atoms with van der Waals surface area (Å²) in [5.41, 5.74) is 0.653. The summed E-state index contributed by atoms with van der Waals surface area (Å²) in [7, 11) is 0. The maximum atomic E-state index is 13.0. The maximum Gasteiger partial charge on any atom is 0.254 e. The molecule has 4 rings (SSSR count). The number of halogens is 1. The molecule has 3 fully saturated rings. The second-order valence-electron chi connectivity index (χ2n) is 7.09. The fourth-order valence-electron chi connectivity index (χ4n) is 4.27. The minimum Gasteiger partial charge on any atom is -0.340 e. The third-order valence-corrected chi connectivity index (χ3v) is 6.12. The van der Waals surface area contributed by atoms with Crippen molar-refractivity contribution in [2.24, 2.45) is 11.8 Å². The molecule has 6 heteroatoms. The van der Waals surface area contributed by atoms with Crippen molar-refractivity contribution in [3.05, 3.63) is 34.3 Å². The number of amides is 2. The zero-order valence-electron chi connectivity index (χ0n) is 13.6. The Hall–Kier alpha value is -1.40. The van der Waals surface area contributed by atoms with Crippen molar-refractivity contribution in [1.29, 1.82) is 0 Å². The van der Waals surface area contributed by atoms with Gasteiger partial charge in [0.2, 0.25) is 5.91 Å². The van der Waals surface area contributed by atoms with E-state index in [1.807, 2.05) is 29.2 Å².